The number of nitrogens with zero attached hydrogens (tertiary/aromatic N) is 4. The Bertz CT molecular complexity index is 1270. The summed E-state index contributed by atoms with van der Waals surface area (Å²) >= 11 is 1.43. The van der Waals surface area contributed by atoms with E-state index in [-0.39, 0.29) is 18.4 Å². The van der Waals surface area contributed by atoms with E-state index in [2.05, 4.69) is 9.97 Å². The van der Waals surface area contributed by atoms with Gasteiger partial charge in [0, 0.05) is 30.6 Å². The Labute approximate surface area is 192 Å². The van der Waals surface area contributed by atoms with Gasteiger partial charge >= 0.3 is 6.18 Å². The maximum Gasteiger partial charge on any atom is 0.449 e. The van der Waals surface area contributed by atoms with Crippen LogP contribution < -0.4 is 0 Å². The van der Waals surface area contributed by atoms with Crippen molar-refractivity contribution >= 4 is 28.3 Å². The molecule has 0 aliphatic carbocycles. The van der Waals surface area contributed by atoms with Crippen molar-refractivity contribution in [2.24, 2.45) is 5.92 Å². The van der Waals surface area contributed by atoms with Crippen LogP contribution in [0.1, 0.15) is 29.2 Å². The first-order chi connectivity index (χ1) is 15.9. The Balaban J connectivity index is 1.27. The zero-order valence-electron chi connectivity index (χ0n) is 17.6. The quantitative estimate of drug-likeness (QED) is 0.383. The molecule has 0 N–H and O–H groups in total. The molecule has 1 aliphatic heterocycles. The third-order valence-electron chi connectivity index (χ3n) is 5.99. The Morgan fingerprint density at radius 1 is 1.00 bits per heavy atom. The minimum Gasteiger partial charge on any atom is -0.337 e. The molecule has 1 amide bonds. The summed E-state index contributed by atoms with van der Waals surface area (Å²) in [6.07, 6.45) is -3.26. The fourth-order valence-electron chi connectivity index (χ4n) is 4.30. The van der Waals surface area contributed by atoms with Gasteiger partial charge in [-0.05, 0) is 30.9 Å². The van der Waals surface area contributed by atoms with Gasteiger partial charge in [0.05, 0.1) is 11.0 Å². The van der Waals surface area contributed by atoms with E-state index < -0.39 is 12.0 Å². The van der Waals surface area contributed by atoms with E-state index in [4.69, 9.17) is 0 Å². The monoisotopic (exact) mass is 470 g/mol. The Morgan fingerprint density at radius 3 is 2.42 bits per heavy atom. The van der Waals surface area contributed by atoms with Crippen LogP contribution in [0.5, 0.6) is 0 Å². The number of carbonyl (C=O) groups is 1. The van der Waals surface area contributed by atoms with Crippen LogP contribution in [0.25, 0.3) is 21.6 Å². The van der Waals surface area contributed by atoms with E-state index in [0.717, 1.165) is 10.6 Å². The maximum atomic E-state index is 13.6. The van der Waals surface area contributed by atoms with Gasteiger partial charge in [-0.2, -0.15) is 13.2 Å². The van der Waals surface area contributed by atoms with Crippen LogP contribution in [0.4, 0.5) is 13.2 Å². The van der Waals surface area contributed by atoms with Gasteiger partial charge in [-0.15, -0.1) is 11.3 Å². The highest BCUT2D eigenvalue weighted by Gasteiger charge is 2.38. The smallest absolute Gasteiger partial charge is 0.337 e. The molecule has 1 saturated heterocycles. The number of para-hydroxylation sites is 2. The van der Waals surface area contributed by atoms with Gasteiger partial charge < -0.3 is 9.47 Å². The van der Waals surface area contributed by atoms with Crippen molar-refractivity contribution in [3.63, 3.8) is 0 Å². The number of benzene rings is 2. The number of imidazole rings is 1. The molecule has 2 aromatic carbocycles. The molecule has 9 heteroatoms. The molecular formula is C24H21F3N4OS. The second kappa shape index (κ2) is 8.62. The zero-order chi connectivity index (χ0) is 23.0. The lowest BCUT2D eigenvalue weighted by atomic mass is 9.96. The van der Waals surface area contributed by atoms with Gasteiger partial charge in [0.15, 0.2) is 0 Å². The van der Waals surface area contributed by atoms with Crippen LogP contribution in [0.2, 0.25) is 0 Å². The zero-order valence-corrected chi connectivity index (χ0v) is 18.4. The predicted octanol–water partition coefficient (Wildman–Crippen LogP) is 5.73. The van der Waals surface area contributed by atoms with Crippen molar-refractivity contribution in [3.8, 4) is 10.6 Å². The van der Waals surface area contributed by atoms with E-state index in [0.29, 0.717) is 42.7 Å². The standard InChI is InChI=1S/C24H21F3N4OS/c25-24(26,27)23-29-18-8-4-5-9-20(18)31(23)14-16-10-12-30(13-11-16)22(32)19-15-33-21(28-19)17-6-2-1-3-7-17/h1-9,15-16H,10-14H2. The highest BCUT2D eigenvalue weighted by molar-refractivity contribution is 7.13. The molecular weight excluding hydrogens is 449 g/mol. The molecule has 0 bridgehead atoms. The first kappa shape index (κ1) is 21.6. The summed E-state index contributed by atoms with van der Waals surface area (Å²) in [5.74, 6) is -0.961. The molecule has 33 heavy (non-hydrogen) atoms. The summed E-state index contributed by atoms with van der Waals surface area (Å²) in [5.41, 5.74) is 2.21. The maximum absolute atomic E-state index is 13.6. The van der Waals surface area contributed by atoms with Gasteiger partial charge in [0.2, 0.25) is 5.82 Å². The van der Waals surface area contributed by atoms with E-state index >= 15 is 0 Å². The molecule has 0 unspecified atom stereocenters. The normalized spacial score (nSPS) is 15.3. The lowest BCUT2D eigenvalue weighted by molar-refractivity contribution is -0.147. The number of amides is 1. The summed E-state index contributed by atoms with van der Waals surface area (Å²) in [4.78, 5) is 23.0. The molecule has 4 aromatic rings. The molecule has 0 radical (unpaired) electrons. The third-order valence-corrected chi connectivity index (χ3v) is 6.89. The number of aromatic nitrogens is 3. The first-order valence-corrected chi connectivity index (χ1v) is 11.6. The van der Waals surface area contributed by atoms with Gasteiger partial charge in [0.25, 0.3) is 5.91 Å². The number of likely N-dealkylation sites (tertiary alicyclic amines) is 1. The van der Waals surface area contributed by atoms with Gasteiger partial charge in [0.1, 0.15) is 10.7 Å². The second-order valence-electron chi connectivity index (χ2n) is 8.17. The average molecular weight is 471 g/mol. The van der Waals surface area contributed by atoms with E-state index in [9.17, 15) is 18.0 Å². The van der Waals surface area contributed by atoms with Crippen molar-refractivity contribution in [1.82, 2.24) is 19.4 Å². The Morgan fingerprint density at radius 2 is 1.70 bits per heavy atom. The molecule has 2 aromatic heterocycles. The average Bonchev–Trinajstić information content (AvgIpc) is 3.46. The molecule has 5 nitrogen and oxygen atoms in total. The van der Waals surface area contributed by atoms with Crippen LogP contribution in [-0.2, 0) is 12.7 Å². The number of carbonyl (C=O) groups excluding carboxylic acids is 1. The van der Waals surface area contributed by atoms with E-state index in [1.54, 1.807) is 34.5 Å². The summed E-state index contributed by atoms with van der Waals surface area (Å²) in [6, 6.07) is 16.4. The molecule has 1 aliphatic rings. The molecule has 0 saturated carbocycles. The SMILES string of the molecule is O=C(c1csc(-c2ccccc2)n1)N1CCC(Cn2c(C(F)(F)F)nc3ccccc32)CC1. The molecule has 3 heterocycles. The molecule has 170 valence electrons. The van der Waals surface area contributed by atoms with Crippen molar-refractivity contribution in [1.29, 1.82) is 0 Å². The number of hydrogen-bond acceptors (Lipinski definition) is 4. The van der Waals surface area contributed by atoms with Crippen LogP contribution in [0.3, 0.4) is 0 Å². The fourth-order valence-corrected chi connectivity index (χ4v) is 5.10. The van der Waals surface area contributed by atoms with Crippen LogP contribution in [-0.4, -0.2) is 38.4 Å². The summed E-state index contributed by atoms with van der Waals surface area (Å²) in [7, 11) is 0. The molecule has 0 atom stereocenters. The topological polar surface area (TPSA) is 51.0 Å². The lowest BCUT2D eigenvalue weighted by Crippen LogP contribution is -2.39. The number of fused-ring (bicyclic) bond motifs is 1. The molecule has 0 spiro atoms. The molecule has 1 fully saturated rings. The highest BCUT2D eigenvalue weighted by Crippen LogP contribution is 2.33. The van der Waals surface area contributed by atoms with E-state index in [1.807, 2.05) is 30.3 Å². The minimum atomic E-state index is -4.52. The highest BCUT2D eigenvalue weighted by atomic mass is 32.1. The van der Waals surface area contributed by atoms with Crippen LogP contribution in [0, 0.1) is 5.92 Å². The Kier molecular flexibility index (Phi) is 5.65. The minimum absolute atomic E-state index is 0.0306. The summed E-state index contributed by atoms with van der Waals surface area (Å²) in [6.45, 7) is 1.22. The Hall–Kier alpha value is -3.20. The van der Waals surface area contributed by atoms with Crippen molar-refractivity contribution in [2.75, 3.05) is 13.1 Å². The number of rotatable bonds is 4. The van der Waals surface area contributed by atoms with Gasteiger partial charge in [-0.3, -0.25) is 4.79 Å². The largest absolute Gasteiger partial charge is 0.449 e. The third kappa shape index (κ3) is 4.37. The van der Waals surface area contributed by atoms with Crippen LogP contribution in [0.15, 0.2) is 60.0 Å². The number of alkyl halides is 3. The molecule has 5 rings (SSSR count). The first-order valence-electron chi connectivity index (χ1n) is 10.7. The fraction of sp³-hybridized carbons (Fsp3) is 0.292. The van der Waals surface area contributed by atoms with Crippen molar-refractivity contribution in [2.45, 2.75) is 25.6 Å². The van der Waals surface area contributed by atoms with Gasteiger partial charge in [-0.25, -0.2) is 9.97 Å². The van der Waals surface area contributed by atoms with Crippen LogP contribution >= 0.6 is 11.3 Å². The number of piperidine rings is 1. The predicted molar refractivity (Wildman–Crippen MR) is 121 cm³/mol. The number of halogens is 3. The second-order valence-corrected chi connectivity index (χ2v) is 9.03. The number of hydrogen-bond donors (Lipinski definition) is 0. The van der Waals surface area contributed by atoms with Gasteiger partial charge in [-0.1, -0.05) is 42.5 Å². The summed E-state index contributed by atoms with van der Waals surface area (Å²) in [5, 5.41) is 2.56. The van der Waals surface area contributed by atoms with Crippen molar-refractivity contribution < 1.29 is 18.0 Å². The summed E-state index contributed by atoms with van der Waals surface area (Å²) < 4.78 is 42.0. The van der Waals surface area contributed by atoms with E-state index in [1.165, 1.54) is 15.9 Å². The van der Waals surface area contributed by atoms with Crippen molar-refractivity contribution in [3.05, 3.63) is 71.5 Å². The number of thiazole rings is 1. The lowest BCUT2D eigenvalue weighted by Gasteiger charge is -2.32.